The number of imidazole rings is 2. The highest BCUT2D eigenvalue weighted by molar-refractivity contribution is 6.05. The van der Waals surface area contributed by atoms with Gasteiger partial charge in [-0.15, -0.1) is 0 Å². The van der Waals surface area contributed by atoms with Gasteiger partial charge in [0.05, 0.1) is 48.4 Å². The smallest absolute Gasteiger partial charge is 0.407 e. The molecule has 2 aromatic heterocycles. The van der Waals surface area contributed by atoms with Crippen molar-refractivity contribution in [2.45, 2.75) is 101 Å². The fourth-order valence-electron chi connectivity index (χ4n) is 11.1. The number of methoxy groups -OCH3 is 2. The number of hydrogen-bond acceptors (Lipinski definition) is 10. The Labute approximate surface area is 394 Å². The third-order valence-electron chi connectivity index (χ3n) is 14.7. The molecule has 10 rings (SSSR count). The number of nitrogens with zero attached hydrogens (tertiary/aromatic N) is 4. The minimum absolute atomic E-state index is 0.0289. The molecule has 4 aliphatic rings. The van der Waals surface area contributed by atoms with Crippen LogP contribution in [0.1, 0.15) is 100 Å². The number of H-pyrrole nitrogens is 2. The van der Waals surface area contributed by atoms with Crippen molar-refractivity contribution in [3.8, 4) is 11.8 Å². The van der Waals surface area contributed by atoms with Gasteiger partial charge in [-0.2, -0.15) is 0 Å². The average molecular weight is 923 g/mol. The highest BCUT2D eigenvalue weighted by Gasteiger charge is 2.45. The van der Waals surface area contributed by atoms with E-state index in [4.69, 9.17) is 28.9 Å². The molecule has 4 amide bonds. The fourth-order valence-corrected chi connectivity index (χ4v) is 11.1. The van der Waals surface area contributed by atoms with Crippen molar-refractivity contribution < 1.29 is 38.1 Å². The van der Waals surface area contributed by atoms with Crippen LogP contribution in [0.2, 0.25) is 0 Å². The number of ether oxygens (including phenoxy) is 4. The summed E-state index contributed by atoms with van der Waals surface area (Å²) >= 11 is 0. The van der Waals surface area contributed by atoms with Gasteiger partial charge < -0.3 is 49.3 Å². The molecule has 4 saturated heterocycles. The Morgan fingerprint density at radius 3 is 1.41 bits per heavy atom. The largest absolute Gasteiger partial charge is 0.453 e. The van der Waals surface area contributed by atoms with Crippen LogP contribution in [0.5, 0.6) is 0 Å². The second kappa shape index (κ2) is 19.1. The lowest BCUT2D eigenvalue weighted by Crippen LogP contribution is -2.54. The van der Waals surface area contributed by atoms with E-state index >= 15 is 0 Å². The number of alkyl carbamates (subject to hydrolysis) is 2. The van der Waals surface area contributed by atoms with Crippen molar-refractivity contribution in [3.05, 3.63) is 83.4 Å². The Balaban J connectivity index is 0.873. The van der Waals surface area contributed by atoms with Crippen LogP contribution in [0, 0.1) is 23.7 Å². The zero-order valence-electron chi connectivity index (χ0n) is 38.9. The molecule has 0 radical (unpaired) electrons. The number of rotatable bonds is 8. The molecule has 6 aromatic rings. The molecular formula is C52H58N8O8. The molecule has 2 unspecified atom stereocenters. The standard InChI is InChI=1S/C52H58N8O8/c1-29-5-17-41(59(29)49(61)43(57-51(63)65-3)33-19-23-67-24-20-33)47-53-39-15-11-35-27-31(9-13-37(35)45(39)55-47)7-8-32-10-14-38-36(28-32)12-16-40-46(38)56-48(54-40)42-18-6-30(2)60(42)50(62)44(58-52(64)66-4)34-21-25-68-26-22-34/h9-16,27-30,33-34,41-44H,5-6,17-26H2,1-4H3,(H,53,55)(H,54,56)(H,57,63)(H,58,64)/t29-,30-,41-,42-,43?,44?/m0/s1. The first kappa shape index (κ1) is 45.1. The van der Waals surface area contributed by atoms with E-state index in [-0.39, 0.29) is 47.8 Å². The number of carbonyl (C=O) groups is 4. The van der Waals surface area contributed by atoms with E-state index in [2.05, 4.69) is 82.7 Å². The van der Waals surface area contributed by atoms with Crippen molar-refractivity contribution in [1.29, 1.82) is 0 Å². The summed E-state index contributed by atoms with van der Waals surface area (Å²) in [6, 6.07) is 18.4. The second-order valence-corrected chi connectivity index (χ2v) is 18.8. The zero-order valence-corrected chi connectivity index (χ0v) is 38.9. The van der Waals surface area contributed by atoms with Crippen molar-refractivity contribution in [2.24, 2.45) is 11.8 Å². The van der Waals surface area contributed by atoms with Gasteiger partial charge in [-0.05, 0) is 124 Å². The Bertz CT molecular complexity index is 2760. The lowest BCUT2D eigenvalue weighted by Gasteiger charge is -2.36. The van der Waals surface area contributed by atoms with Gasteiger partial charge in [-0.3, -0.25) is 9.59 Å². The monoisotopic (exact) mass is 922 g/mol. The number of carbonyl (C=O) groups excluding carboxylic acids is 4. The van der Waals surface area contributed by atoms with Gasteiger partial charge in [-0.1, -0.05) is 36.1 Å². The molecule has 4 aromatic carbocycles. The minimum Gasteiger partial charge on any atom is -0.453 e. The fraction of sp³-hybridized carbons (Fsp3) is 0.462. The topological polar surface area (TPSA) is 193 Å². The van der Waals surface area contributed by atoms with Gasteiger partial charge >= 0.3 is 12.2 Å². The SMILES string of the molecule is COC(=O)NC(C(=O)N1[C@@H](C)CC[C@H]1c1nc2ccc3cc(C#Cc4ccc5c(ccc6nc([C@@H]7CC[C@H](C)N7C(=O)C(NC(=O)OC)C7CCOCC7)[nH]c65)c4)ccc3c2[nH]1)C1CCOCC1. The van der Waals surface area contributed by atoms with Crippen LogP contribution in [0.3, 0.4) is 0 Å². The molecule has 0 saturated carbocycles. The summed E-state index contributed by atoms with van der Waals surface area (Å²) in [5.41, 5.74) is 5.17. The molecule has 0 aliphatic carbocycles. The van der Waals surface area contributed by atoms with E-state index in [1.165, 1.54) is 14.2 Å². The number of likely N-dealkylation sites (tertiary alicyclic amines) is 2. The lowest BCUT2D eigenvalue weighted by atomic mass is 9.90. The van der Waals surface area contributed by atoms with Crippen molar-refractivity contribution in [3.63, 3.8) is 0 Å². The van der Waals surface area contributed by atoms with Crippen molar-refractivity contribution >= 4 is 67.6 Å². The van der Waals surface area contributed by atoms with Gasteiger partial charge in [-0.25, -0.2) is 19.6 Å². The van der Waals surface area contributed by atoms with Crippen LogP contribution in [-0.2, 0) is 28.5 Å². The Hall–Kier alpha value is -6.70. The molecule has 4 fully saturated rings. The molecule has 6 heterocycles. The highest BCUT2D eigenvalue weighted by atomic mass is 16.5. The van der Waals surface area contributed by atoms with E-state index in [0.29, 0.717) is 52.1 Å². The predicted molar refractivity (Wildman–Crippen MR) is 255 cm³/mol. The Kier molecular flexibility index (Phi) is 12.7. The molecule has 68 heavy (non-hydrogen) atoms. The van der Waals surface area contributed by atoms with Gasteiger partial charge in [0.2, 0.25) is 11.8 Å². The third-order valence-corrected chi connectivity index (χ3v) is 14.7. The van der Waals surface area contributed by atoms with E-state index < -0.39 is 24.3 Å². The van der Waals surface area contributed by atoms with E-state index in [1.54, 1.807) is 0 Å². The van der Waals surface area contributed by atoms with Crippen LogP contribution in [0.15, 0.2) is 60.7 Å². The van der Waals surface area contributed by atoms with Gasteiger partial charge in [0.15, 0.2) is 0 Å². The highest BCUT2D eigenvalue weighted by Crippen LogP contribution is 2.40. The molecular weight excluding hydrogens is 865 g/mol. The molecule has 0 spiro atoms. The molecule has 0 bridgehead atoms. The van der Waals surface area contributed by atoms with Crippen LogP contribution in [0.4, 0.5) is 9.59 Å². The van der Waals surface area contributed by atoms with Crippen molar-refractivity contribution in [1.82, 2.24) is 40.4 Å². The van der Waals surface area contributed by atoms with Crippen LogP contribution in [0.25, 0.3) is 43.6 Å². The molecule has 16 nitrogen and oxygen atoms in total. The summed E-state index contributed by atoms with van der Waals surface area (Å²) in [6.07, 6.45) is 4.63. The summed E-state index contributed by atoms with van der Waals surface area (Å²) in [5.74, 6) is 7.86. The van der Waals surface area contributed by atoms with Crippen LogP contribution >= 0.6 is 0 Å². The third kappa shape index (κ3) is 8.69. The van der Waals surface area contributed by atoms with Crippen molar-refractivity contribution in [2.75, 3.05) is 40.6 Å². The molecule has 4 aliphatic heterocycles. The number of fused-ring (bicyclic) bond motifs is 6. The zero-order chi connectivity index (χ0) is 47.1. The maximum absolute atomic E-state index is 14.3. The van der Waals surface area contributed by atoms with Crippen LogP contribution < -0.4 is 10.6 Å². The number of nitrogens with one attached hydrogen (secondary N) is 4. The number of benzene rings is 4. The summed E-state index contributed by atoms with van der Waals surface area (Å²) in [6.45, 7) is 6.30. The number of aromatic amines is 2. The molecule has 354 valence electrons. The number of aromatic nitrogens is 4. The summed E-state index contributed by atoms with van der Waals surface area (Å²) in [7, 11) is 2.63. The minimum atomic E-state index is -0.715. The lowest BCUT2D eigenvalue weighted by molar-refractivity contribution is -0.139. The summed E-state index contributed by atoms with van der Waals surface area (Å²) in [4.78, 5) is 74.6. The molecule has 16 heteroatoms. The first-order valence-electron chi connectivity index (χ1n) is 23.9. The van der Waals surface area contributed by atoms with Crippen LogP contribution in [-0.4, -0.2) is 119 Å². The van der Waals surface area contributed by atoms with E-state index in [0.717, 1.165) is 92.1 Å². The number of hydrogen-bond donors (Lipinski definition) is 4. The first-order valence-corrected chi connectivity index (χ1v) is 23.9. The summed E-state index contributed by atoms with van der Waals surface area (Å²) in [5, 5.41) is 9.74. The average Bonchev–Trinajstić information content (AvgIpc) is 4.19. The maximum atomic E-state index is 14.3. The molecule has 4 N–H and O–H groups in total. The normalized spacial score (nSPS) is 22.3. The second-order valence-electron chi connectivity index (χ2n) is 18.8. The van der Waals surface area contributed by atoms with E-state index in [1.807, 2.05) is 34.1 Å². The Morgan fingerprint density at radius 1 is 0.603 bits per heavy atom. The Morgan fingerprint density at radius 2 is 1.01 bits per heavy atom. The van der Waals surface area contributed by atoms with Gasteiger partial charge in [0.1, 0.15) is 23.7 Å². The quantitative estimate of drug-likeness (QED) is 0.111. The van der Waals surface area contributed by atoms with Gasteiger partial charge in [0, 0.05) is 60.4 Å². The van der Waals surface area contributed by atoms with Gasteiger partial charge in [0.25, 0.3) is 0 Å². The maximum Gasteiger partial charge on any atom is 0.407 e. The predicted octanol–water partition coefficient (Wildman–Crippen LogP) is 7.55. The van der Waals surface area contributed by atoms with E-state index in [9.17, 15) is 19.2 Å². The summed E-state index contributed by atoms with van der Waals surface area (Å²) < 4.78 is 21.0. The molecule has 6 atom stereocenters. The first-order chi connectivity index (χ1) is 33.1. The number of amides is 4.